The van der Waals surface area contributed by atoms with E-state index in [1.165, 1.54) is 12.1 Å². The molecule has 0 amide bonds. The molecule has 0 aliphatic heterocycles. The Morgan fingerprint density at radius 3 is 2.49 bits per heavy atom. The van der Waals surface area contributed by atoms with Gasteiger partial charge in [-0.3, -0.25) is 14.3 Å². The molecule has 214 valence electrons. The summed E-state index contributed by atoms with van der Waals surface area (Å²) in [4.78, 5) is 4.67. The van der Waals surface area contributed by atoms with Crippen molar-refractivity contribution in [1.82, 2.24) is 24.5 Å². The molecule has 3 aromatic heterocycles. The maximum atomic E-state index is 11.9. The van der Waals surface area contributed by atoms with Crippen molar-refractivity contribution in [2.24, 2.45) is 7.05 Å². The smallest absolute Gasteiger partial charge is 0.175 e. The molecule has 0 fully saturated rings. The molecule has 0 spiro atoms. The summed E-state index contributed by atoms with van der Waals surface area (Å²) in [5.41, 5.74) is 2.23. The highest BCUT2D eigenvalue weighted by atomic mass is 35.5. The minimum atomic E-state index is -3.35. The largest absolute Gasteiger partial charge is 0.455 e. The number of aliphatic hydroxyl groups excluding tert-OH is 1. The number of hydrogen-bond acceptors (Lipinski definition) is 8. The Kier molecular flexibility index (Phi) is 7.64. The number of sulfone groups is 1. The molecule has 1 atom stereocenters. The average Bonchev–Trinajstić information content (AvgIpc) is 3.47. The van der Waals surface area contributed by atoms with Crippen LogP contribution in [0.15, 0.2) is 71.9 Å². The van der Waals surface area contributed by atoms with Gasteiger partial charge < -0.3 is 14.9 Å². The molecule has 2 N–H and O–H groups in total. The highest BCUT2D eigenvalue weighted by molar-refractivity contribution is 7.90. The van der Waals surface area contributed by atoms with Crippen LogP contribution < -0.4 is 4.74 Å². The van der Waals surface area contributed by atoms with Crippen LogP contribution in [0.1, 0.15) is 25.2 Å². The Hall–Kier alpha value is -3.77. The fourth-order valence-electron chi connectivity index (χ4n) is 4.44. The third-order valence-electron chi connectivity index (χ3n) is 6.71. The van der Waals surface area contributed by atoms with E-state index in [0.717, 1.165) is 34.1 Å². The Morgan fingerprint density at radius 2 is 1.83 bits per heavy atom. The number of fused-ring (bicyclic) bond motifs is 1. The summed E-state index contributed by atoms with van der Waals surface area (Å²) in [7, 11) is -1.53. The number of ether oxygens (including phenoxy) is 1. The van der Waals surface area contributed by atoms with E-state index in [1.807, 2.05) is 25.2 Å². The summed E-state index contributed by atoms with van der Waals surface area (Å²) in [6.07, 6.45) is 3.98. The number of aliphatic hydroxyl groups is 2. The Morgan fingerprint density at radius 1 is 1.10 bits per heavy atom. The molecular weight excluding hydrogens is 566 g/mol. The topological polar surface area (TPSA) is 132 Å². The van der Waals surface area contributed by atoms with Crippen molar-refractivity contribution >= 4 is 32.3 Å². The molecule has 41 heavy (non-hydrogen) atoms. The van der Waals surface area contributed by atoms with E-state index in [4.69, 9.17) is 21.4 Å². The minimum absolute atomic E-state index is 0.144. The van der Waals surface area contributed by atoms with Crippen molar-refractivity contribution in [2.75, 3.05) is 6.26 Å². The van der Waals surface area contributed by atoms with Crippen LogP contribution in [0.4, 0.5) is 0 Å². The maximum absolute atomic E-state index is 11.9. The van der Waals surface area contributed by atoms with E-state index in [1.54, 1.807) is 59.9 Å². The van der Waals surface area contributed by atoms with Crippen LogP contribution in [-0.2, 0) is 29.9 Å². The quantitative estimate of drug-likeness (QED) is 0.256. The molecule has 1 unspecified atom stereocenters. The zero-order valence-corrected chi connectivity index (χ0v) is 24.6. The standard InChI is InChI=1S/C29H30ClN5O5S/c1-29(2,37)26(36)17-35-13-11-19(32-35)16-24-22-14-18(27-23(30)6-5-12-31-27)15-25(28(22)34(3)33-24)40-20-7-9-21(10-8-20)41(4,38)39/h5-15,26,36-37H,16-17H2,1-4H3. The fraction of sp³-hybridized carbons (Fsp3) is 0.276. The lowest BCUT2D eigenvalue weighted by molar-refractivity contribution is -0.0566. The van der Waals surface area contributed by atoms with Crippen molar-refractivity contribution in [3.8, 4) is 22.8 Å². The third kappa shape index (κ3) is 6.28. The number of aryl methyl sites for hydroxylation is 1. The van der Waals surface area contributed by atoms with Crippen molar-refractivity contribution in [3.63, 3.8) is 0 Å². The van der Waals surface area contributed by atoms with Gasteiger partial charge in [-0.25, -0.2) is 8.42 Å². The number of halogens is 1. The summed E-state index contributed by atoms with van der Waals surface area (Å²) >= 11 is 6.50. The first-order valence-corrected chi connectivity index (χ1v) is 15.1. The van der Waals surface area contributed by atoms with E-state index in [2.05, 4.69) is 10.1 Å². The van der Waals surface area contributed by atoms with Crippen LogP contribution in [0, 0.1) is 0 Å². The highest BCUT2D eigenvalue weighted by Gasteiger charge is 2.25. The van der Waals surface area contributed by atoms with Gasteiger partial charge >= 0.3 is 0 Å². The first-order valence-electron chi connectivity index (χ1n) is 12.8. The number of rotatable bonds is 9. The van der Waals surface area contributed by atoms with E-state index in [0.29, 0.717) is 28.6 Å². The molecule has 0 aliphatic carbocycles. The number of hydrogen-bond donors (Lipinski definition) is 2. The Bertz CT molecular complexity index is 1820. The number of benzene rings is 2. The molecule has 5 aromatic rings. The van der Waals surface area contributed by atoms with Gasteiger partial charge in [-0.05, 0) is 68.4 Å². The second-order valence-electron chi connectivity index (χ2n) is 10.5. The van der Waals surface area contributed by atoms with Crippen LogP contribution in [-0.4, -0.2) is 61.1 Å². The van der Waals surface area contributed by atoms with Gasteiger partial charge in [0, 0.05) is 43.1 Å². The zero-order valence-electron chi connectivity index (χ0n) is 23.0. The van der Waals surface area contributed by atoms with Gasteiger partial charge in [0.2, 0.25) is 0 Å². The molecule has 0 bridgehead atoms. The molecule has 0 saturated heterocycles. The van der Waals surface area contributed by atoms with Crippen LogP contribution in [0.3, 0.4) is 0 Å². The van der Waals surface area contributed by atoms with Crippen LogP contribution in [0.2, 0.25) is 5.02 Å². The molecular formula is C29H30ClN5O5S. The van der Waals surface area contributed by atoms with E-state index in [9.17, 15) is 18.6 Å². The van der Waals surface area contributed by atoms with Crippen molar-refractivity contribution < 1.29 is 23.4 Å². The molecule has 0 radical (unpaired) electrons. The Balaban J connectivity index is 1.56. The second-order valence-corrected chi connectivity index (χ2v) is 12.9. The number of nitrogens with zero attached hydrogens (tertiary/aromatic N) is 5. The van der Waals surface area contributed by atoms with E-state index >= 15 is 0 Å². The third-order valence-corrected chi connectivity index (χ3v) is 8.15. The van der Waals surface area contributed by atoms with Gasteiger partial charge in [-0.15, -0.1) is 0 Å². The van der Waals surface area contributed by atoms with Crippen LogP contribution in [0.25, 0.3) is 22.2 Å². The summed E-state index contributed by atoms with van der Waals surface area (Å²) in [5.74, 6) is 0.946. The van der Waals surface area contributed by atoms with E-state index < -0.39 is 21.5 Å². The highest BCUT2D eigenvalue weighted by Crippen LogP contribution is 2.38. The molecule has 12 heteroatoms. The number of aromatic nitrogens is 5. The van der Waals surface area contributed by atoms with Crippen molar-refractivity contribution in [1.29, 1.82) is 0 Å². The fourth-order valence-corrected chi connectivity index (χ4v) is 5.30. The lowest BCUT2D eigenvalue weighted by Crippen LogP contribution is -2.39. The van der Waals surface area contributed by atoms with Gasteiger partial charge in [0.25, 0.3) is 0 Å². The predicted molar refractivity (Wildman–Crippen MR) is 156 cm³/mol. The van der Waals surface area contributed by atoms with Gasteiger partial charge in [-0.1, -0.05) is 11.6 Å². The lowest BCUT2D eigenvalue weighted by atomic mass is 10.0. The summed E-state index contributed by atoms with van der Waals surface area (Å²) in [6.45, 7) is 3.24. The van der Waals surface area contributed by atoms with Gasteiger partial charge in [0.05, 0.1) is 39.1 Å². The normalized spacial score (nSPS) is 13.0. The second kappa shape index (κ2) is 10.9. The average molecular weight is 596 g/mol. The first kappa shape index (κ1) is 28.7. The maximum Gasteiger partial charge on any atom is 0.175 e. The Labute approximate surface area is 242 Å². The molecule has 2 aromatic carbocycles. The van der Waals surface area contributed by atoms with Gasteiger partial charge in [0.1, 0.15) is 17.4 Å². The summed E-state index contributed by atoms with van der Waals surface area (Å²) in [5, 5.41) is 31.0. The SMILES string of the molecule is Cn1nc(Cc2ccn(CC(O)C(C)(C)O)n2)c2cc(-c3ncccc3Cl)cc(Oc3ccc(S(C)(=O)=O)cc3)c21. The molecule has 5 rings (SSSR count). The van der Waals surface area contributed by atoms with Crippen molar-refractivity contribution in [3.05, 3.63) is 83.4 Å². The molecule has 0 aliphatic rings. The molecule has 0 saturated carbocycles. The summed E-state index contributed by atoms with van der Waals surface area (Å²) < 4.78 is 33.4. The summed E-state index contributed by atoms with van der Waals surface area (Å²) in [6, 6.07) is 15.4. The number of pyridine rings is 1. The predicted octanol–water partition coefficient (Wildman–Crippen LogP) is 4.40. The monoisotopic (exact) mass is 595 g/mol. The van der Waals surface area contributed by atoms with Crippen molar-refractivity contribution in [2.45, 2.75) is 43.4 Å². The molecule has 10 nitrogen and oxygen atoms in total. The zero-order chi connectivity index (χ0) is 29.5. The minimum Gasteiger partial charge on any atom is -0.455 e. The van der Waals surface area contributed by atoms with Crippen LogP contribution in [0.5, 0.6) is 11.5 Å². The van der Waals surface area contributed by atoms with Gasteiger partial charge in [-0.2, -0.15) is 10.2 Å². The van der Waals surface area contributed by atoms with Crippen LogP contribution >= 0.6 is 11.6 Å². The lowest BCUT2D eigenvalue weighted by Gasteiger charge is -2.24. The van der Waals surface area contributed by atoms with Gasteiger partial charge in [0.15, 0.2) is 15.6 Å². The molecule has 3 heterocycles. The van der Waals surface area contributed by atoms with E-state index in [-0.39, 0.29) is 11.4 Å². The first-order chi connectivity index (χ1) is 19.3.